The maximum absolute atomic E-state index is 12.4. The van der Waals surface area contributed by atoms with Crippen LogP contribution in [0.1, 0.15) is 11.7 Å². The predicted molar refractivity (Wildman–Crippen MR) is 95.8 cm³/mol. The Morgan fingerprint density at radius 1 is 1.32 bits per heavy atom. The lowest BCUT2D eigenvalue weighted by molar-refractivity contribution is 0.183. The normalized spacial score (nSPS) is 19.9. The Kier molecular flexibility index (Phi) is 4.29. The monoisotopic (exact) mass is 355 g/mol. The van der Waals surface area contributed by atoms with Crippen molar-refractivity contribution in [1.29, 1.82) is 0 Å². The van der Waals surface area contributed by atoms with Crippen molar-refractivity contribution in [3.05, 3.63) is 58.1 Å². The lowest BCUT2D eigenvalue weighted by Crippen LogP contribution is -2.37. The number of nitrogens with one attached hydrogen (secondary N) is 1. The molecule has 1 aliphatic rings. The number of nitrogens with zero attached hydrogens (tertiary/aromatic N) is 4. The molecule has 0 radical (unpaired) electrons. The molecule has 2 atom stereocenters. The van der Waals surface area contributed by atoms with Gasteiger partial charge in [-0.25, -0.2) is 9.67 Å². The van der Waals surface area contributed by atoms with Gasteiger partial charge in [-0.3, -0.25) is 9.78 Å². The van der Waals surface area contributed by atoms with Gasteiger partial charge >= 0.3 is 0 Å². The Bertz CT molecular complexity index is 924. The molecule has 1 saturated heterocycles. The quantitative estimate of drug-likeness (QED) is 0.772. The molecule has 3 aromatic rings. The third kappa shape index (κ3) is 3.31. The van der Waals surface area contributed by atoms with E-state index in [1.807, 2.05) is 24.4 Å². The molecule has 25 heavy (non-hydrogen) atoms. The summed E-state index contributed by atoms with van der Waals surface area (Å²) in [5.74, 6) is 0. The van der Waals surface area contributed by atoms with Gasteiger partial charge < -0.3 is 10.1 Å². The molecular weight excluding hydrogens is 338 g/mol. The highest BCUT2D eigenvalue weighted by Crippen LogP contribution is 2.24. The highest BCUT2D eigenvalue weighted by molar-refractivity contribution is 7.13. The third-order valence-corrected chi connectivity index (χ3v) is 4.97. The standard InChI is InChI=1S/C17H17N5O2S/c1-11-10-25-17(19-11)20-14-8-24-9-15(14)22-16(23)5-4-13(21-22)12-3-2-6-18-7-12/h2-7,10,14-15H,8-9H2,1H3,(H,19,20). The molecule has 0 amide bonds. The molecule has 0 saturated carbocycles. The van der Waals surface area contributed by atoms with Crippen LogP contribution in [-0.4, -0.2) is 39.0 Å². The first-order valence-corrected chi connectivity index (χ1v) is 8.85. The molecule has 0 spiro atoms. The fourth-order valence-corrected chi connectivity index (χ4v) is 3.58. The van der Waals surface area contributed by atoms with Crippen LogP contribution in [0.5, 0.6) is 0 Å². The summed E-state index contributed by atoms with van der Waals surface area (Å²) >= 11 is 1.54. The number of hydrogen-bond acceptors (Lipinski definition) is 7. The summed E-state index contributed by atoms with van der Waals surface area (Å²) in [6.45, 7) is 2.90. The van der Waals surface area contributed by atoms with Crippen molar-refractivity contribution in [2.75, 3.05) is 18.5 Å². The van der Waals surface area contributed by atoms with E-state index in [1.54, 1.807) is 29.8 Å². The molecule has 0 aromatic carbocycles. The minimum atomic E-state index is -0.187. The van der Waals surface area contributed by atoms with E-state index < -0.39 is 0 Å². The molecule has 128 valence electrons. The van der Waals surface area contributed by atoms with Gasteiger partial charge in [-0.15, -0.1) is 11.3 Å². The van der Waals surface area contributed by atoms with Crippen LogP contribution >= 0.6 is 11.3 Å². The van der Waals surface area contributed by atoms with Gasteiger partial charge in [0, 0.05) is 29.4 Å². The van der Waals surface area contributed by atoms with Crippen LogP contribution in [0.4, 0.5) is 5.13 Å². The van der Waals surface area contributed by atoms with Crippen LogP contribution in [0.2, 0.25) is 0 Å². The van der Waals surface area contributed by atoms with Crippen LogP contribution in [0.15, 0.2) is 46.8 Å². The van der Waals surface area contributed by atoms with E-state index in [9.17, 15) is 4.79 Å². The van der Waals surface area contributed by atoms with Gasteiger partial charge in [0.15, 0.2) is 5.13 Å². The molecule has 1 aliphatic heterocycles. The summed E-state index contributed by atoms with van der Waals surface area (Å²) in [6.07, 6.45) is 3.44. The summed E-state index contributed by atoms with van der Waals surface area (Å²) < 4.78 is 7.11. The number of ether oxygens (including phenoxy) is 1. The first kappa shape index (κ1) is 15.9. The average Bonchev–Trinajstić information content (AvgIpc) is 3.25. The summed E-state index contributed by atoms with van der Waals surface area (Å²) in [7, 11) is 0. The summed E-state index contributed by atoms with van der Waals surface area (Å²) in [6, 6.07) is 6.79. The maximum Gasteiger partial charge on any atom is 0.267 e. The lowest BCUT2D eigenvalue weighted by atomic mass is 10.1. The Hall–Kier alpha value is -2.58. The van der Waals surface area contributed by atoms with Gasteiger partial charge in [-0.05, 0) is 25.1 Å². The Morgan fingerprint density at radius 3 is 3.00 bits per heavy atom. The molecular formula is C17H17N5O2S. The molecule has 1 fully saturated rings. The van der Waals surface area contributed by atoms with Crippen LogP contribution in [0.3, 0.4) is 0 Å². The van der Waals surface area contributed by atoms with Crippen molar-refractivity contribution in [3.8, 4) is 11.3 Å². The number of aryl methyl sites for hydroxylation is 1. The Balaban J connectivity index is 1.64. The topological polar surface area (TPSA) is 81.9 Å². The Labute approximate surface area is 148 Å². The van der Waals surface area contributed by atoms with Gasteiger partial charge in [-0.1, -0.05) is 0 Å². The highest BCUT2D eigenvalue weighted by atomic mass is 32.1. The molecule has 0 bridgehead atoms. The van der Waals surface area contributed by atoms with Crippen LogP contribution < -0.4 is 10.9 Å². The van der Waals surface area contributed by atoms with E-state index >= 15 is 0 Å². The largest absolute Gasteiger partial charge is 0.377 e. The van der Waals surface area contributed by atoms with Crippen molar-refractivity contribution in [1.82, 2.24) is 19.7 Å². The van der Waals surface area contributed by atoms with E-state index in [-0.39, 0.29) is 17.6 Å². The number of anilines is 1. The zero-order valence-corrected chi connectivity index (χ0v) is 14.4. The van der Waals surface area contributed by atoms with E-state index in [1.165, 1.54) is 10.7 Å². The SMILES string of the molecule is Cc1csc(NC2COCC2n2nc(-c3cccnc3)ccc2=O)n1. The number of aromatic nitrogens is 4. The fraction of sp³-hybridized carbons (Fsp3) is 0.294. The molecule has 0 aliphatic carbocycles. The summed E-state index contributed by atoms with van der Waals surface area (Å²) in [5.41, 5.74) is 2.40. The van der Waals surface area contributed by atoms with Crippen molar-refractivity contribution < 1.29 is 4.74 Å². The van der Waals surface area contributed by atoms with Crippen LogP contribution in [0, 0.1) is 6.92 Å². The molecule has 7 nitrogen and oxygen atoms in total. The Morgan fingerprint density at radius 2 is 2.24 bits per heavy atom. The zero-order valence-electron chi connectivity index (χ0n) is 13.6. The van der Waals surface area contributed by atoms with Crippen LogP contribution in [0.25, 0.3) is 11.3 Å². The molecule has 3 aromatic heterocycles. The first-order valence-electron chi connectivity index (χ1n) is 7.97. The second-order valence-corrected chi connectivity index (χ2v) is 6.75. The average molecular weight is 355 g/mol. The summed E-state index contributed by atoms with van der Waals surface area (Å²) in [5, 5.41) is 10.7. The smallest absolute Gasteiger partial charge is 0.267 e. The van der Waals surface area contributed by atoms with Gasteiger partial charge in [0.05, 0.1) is 30.6 Å². The third-order valence-electron chi connectivity index (χ3n) is 4.07. The van der Waals surface area contributed by atoms with Gasteiger partial charge in [0.2, 0.25) is 0 Å². The van der Waals surface area contributed by atoms with Gasteiger partial charge in [0.25, 0.3) is 5.56 Å². The highest BCUT2D eigenvalue weighted by Gasteiger charge is 2.32. The minimum Gasteiger partial charge on any atom is -0.377 e. The minimum absolute atomic E-state index is 0.0556. The van der Waals surface area contributed by atoms with Crippen molar-refractivity contribution in [2.24, 2.45) is 0 Å². The summed E-state index contributed by atoms with van der Waals surface area (Å²) in [4.78, 5) is 20.9. The van der Waals surface area contributed by atoms with Crippen LogP contribution in [-0.2, 0) is 4.74 Å². The fourth-order valence-electron chi connectivity index (χ4n) is 2.83. The molecule has 4 heterocycles. The van der Waals surface area contributed by atoms with E-state index in [2.05, 4.69) is 20.4 Å². The second kappa shape index (κ2) is 6.73. The molecule has 1 N–H and O–H groups in total. The van der Waals surface area contributed by atoms with Crippen molar-refractivity contribution >= 4 is 16.5 Å². The predicted octanol–water partition coefficient (Wildman–Crippen LogP) is 2.12. The molecule has 4 rings (SSSR count). The van der Waals surface area contributed by atoms with E-state index in [0.29, 0.717) is 18.9 Å². The second-order valence-electron chi connectivity index (χ2n) is 5.89. The molecule has 2 unspecified atom stereocenters. The van der Waals surface area contributed by atoms with Crippen molar-refractivity contribution in [3.63, 3.8) is 0 Å². The molecule has 8 heteroatoms. The van der Waals surface area contributed by atoms with Gasteiger partial charge in [0.1, 0.15) is 6.04 Å². The van der Waals surface area contributed by atoms with E-state index in [0.717, 1.165) is 16.4 Å². The first-order chi connectivity index (χ1) is 12.2. The number of pyridine rings is 1. The number of rotatable bonds is 4. The number of thiazole rings is 1. The zero-order chi connectivity index (χ0) is 17.2. The maximum atomic E-state index is 12.4. The lowest BCUT2D eigenvalue weighted by Gasteiger charge is -2.20. The van der Waals surface area contributed by atoms with Crippen molar-refractivity contribution in [2.45, 2.75) is 19.0 Å². The van der Waals surface area contributed by atoms with E-state index in [4.69, 9.17) is 4.74 Å². The van der Waals surface area contributed by atoms with Gasteiger partial charge in [-0.2, -0.15) is 5.10 Å². The number of hydrogen-bond donors (Lipinski definition) is 1.